The zero-order valence-corrected chi connectivity index (χ0v) is 19.9. The Morgan fingerprint density at radius 3 is 1.22 bits per heavy atom. The molecular weight excluding hydrogens is 420 g/mol. The van der Waals surface area contributed by atoms with Gasteiger partial charge in [-0.05, 0) is 53.6 Å². The maximum absolute atomic E-state index is 12.0. The Kier molecular flexibility index (Phi) is 18.1. The molecule has 2 atom stereocenters. The average molecular weight is 461 g/mol. The lowest BCUT2D eigenvalue weighted by Crippen LogP contribution is -2.41. The fraction of sp³-hybridized carbons (Fsp3) is 0.818. The van der Waals surface area contributed by atoms with Gasteiger partial charge in [-0.3, -0.25) is 19.2 Å². The Morgan fingerprint density at radius 2 is 0.906 bits per heavy atom. The third kappa shape index (κ3) is 14.7. The van der Waals surface area contributed by atoms with E-state index in [-0.39, 0.29) is 39.3 Å². The highest BCUT2D eigenvalue weighted by Gasteiger charge is 2.24. The van der Waals surface area contributed by atoms with E-state index in [2.05, 4.69) is 10.6 Å². The number of nitrogens with one attached hydrogen (secondary N) is 2. The van der Waals surface area contributed by atoms with Crippen molar-refractivity contribution in [2.75, 3.05) is 39.5 Å². The van der Waals surface area contributed by atoms with Crippen molar-refractivity contribution in [3.05, 3.63) is 0 Å². The van der Waals surface area contributed by atoms with Crippen LogP contribution in [0.4, 0.5) is 0 Å². The molecule has 0 rings (SSSR count). The van der Waals surface area contributed by atoms with E-state index in [1.807, 2.05) is 0 Å². The van der Waals surface area contributed by atoms with Gasteiger partial charge in [0.2, 0.25) is 0 Å². The van der Waals surface area contributed by atoms with Crippen LogP contribution in [-0.2, 0) is 38.1 Å². The molecule has 186 valence electrons. The number of unbranched alkanes of at least 4 members (excludes halogenated alkanes) is 3. The van der Waals surface area contributed by atoms with E-state index >= 15 is 0 Å². The summed E-state index contributed by atoms with van der Waals surface area (Å²) >= 11 is 0. The van der Waals surface area contributed by atoms with Crippen molar-refractivity contribution in [3.8, 4) is 0 Å². The molecule has 0 radical (unpaired) electrons. The minimum Gasteiger partial charge on any atom is -0.466 e. The van der Waals surface area contributed by atoms with Gasteiger partial charge in [-0.15, -0.1) is 0 Å². The maximum Gasteiger partial charge on any atom is 0.323 e. The van der Waals surface area contributed by atoms with Crippen molar-refractivity contribution < 1.29 is 38.1 Å². The lowest BCUT2D eigenvalue weighted by atomic mass is 10.1. The fourth-order valence-corrected chi connectivity index (χ4v) is 2.89. The highest BCUT2D eigenvalue weighted by molar-refractivity contribution is 5.83. The maximum atomic E-state index is 12.0. The summed E-state index contributed by atoms with van der Waals surface area (Å²) in [4.78, 5) is 47.4. The molecular formula is C22H40N2O8. The number of esters is 4. The summed E-state index contributed by atoms with van der Waals surface area (Å²) < 4.78 is 19.8. The molecule has 0 amide bonds. The van der Waals surface area contributed by atoms with Crippen LogP contribution in [-0.4, -0.2) is 75.5 Å². The zero-order valence-electron chi connectivity index (χ0n) is 19.9. The third-order valence-electron chi connectivity index (χ3n) is 4.38. The molecule has 0 unspecified atom stereocenters. The van der Waals surface area contributed by atoms with Crippen LogP contribution in [0.5, 0.6) is 0 Å². The minimum absolute atomic E-state index is 0.0632. The highest BCUT2D eigenvalue weighted by atomic mass is 16.5. The molecule has 0 spiro atoms. The van der Waals surface area contributed by atoms with Crippen molar-refractivity contribution in [2.45, 2.75) is 78.3 Å². The normalized spacial score (nSPS) is 12.5. The molecule has 0 fully saturated rings. The number of hydrogen-bond acceptors (Lipinski definition) is 10. The van der Waals surface area contributed by atoms with E-state index in [1.54, 1.807) is 27.7 Å². The van der Waals surface area contributed by atoms with Gasteiger partial charge in [0.05, 0.1) is 39.3 Å². The van der Waals surface area contributed by atoms with Gasteiger partial charge in [-0.1, -0.05) is 12.8 Å². The average Bonchev–Trinajstić information content (AvgIpc) is 2.74. The van der Waals surface area contributed by atoms with Crippen LogP contribution in [0.15, 0.2) is 0 Å². The fourth-order valence-electron chi connectivity index (χ4n) is 2.89. The summed E-state index contributed by atoms with van der Waals surface area (Å²) in [6.45, 7) is 9.00. The Labute approximate surface area is 191 Å². The Balaban J connectivity index is 4.21. The topological polar surface area (TPSA) is 129 Å². The molecule has 2 N–H and O–H groups in total. The number of ether oxygens (including phenoxy) is 4. The van der Waals surface area contributed by atoms with Crippen molar-refractivity contribution in [1.29, 1.82) is 0 Å². The first-order valence-corrected chi connectivity index (χ1v) is 11.5. The molecule has 0 saturated heterocycles. The molecule has 32 heavy (non-hydrogen) atoms. The number of carbonyl (C=O) groups excluding carboxylic acids is 4. The Hall–Kier alpha value is -2.20. The van der Waals surface area contributed by atoms with Gasteiger partial charge in [-0.25, -0.2) is 0 Å². The van der Waals surface area contributed by atoms with Crippen LogP contribution in [0.25, 0.3) is 0 Å². The van der Waals surface area contributed by atoms with Gasteiger partial charge in [0, 0.05) is 0 Å². The molecule has 10 nitrogen and oxygen atoms in total. The molecule has 0 aliphatic rings. The second-order valence-corrected chi connectivity index (χ2v) is 6.95. The Morgan fingerprint density at radius 1 is 0.562 bits per heavy atom. The molecule has 0 saturated carbocycles. The largest absolute Gasteiger partial charge is 0.466 e. The molecule has 0 aromatic rings. The van der Waals surface area contributed by atoms with Crippen LogP contribution in [0, 0.1) is 0 Å². The third-order valence-corrected chi connectivity index (χ3v) is 4.38. The van der Waals surface area contributed by atoms with Crippen molar-refractivity contribution in [1.82, 2.24) is 10.6 Å². The summed E-state index contributed by atoms with van der Waals surface area (Å²) in [6, 6.07) is -1.44. The minimum atomic E-state index is -0.719. The van der Waals surface area contributed by atoms with E-state index in [0.29, 0.717) is 13.1 Å². The van der Waals surface area contributed by atoms with Gasteiger partial charge in [0.1, 0.15) is 12.1 Å². The van der Waals surface area contributed by atoms with Crippen molar-refractivity contribution in [2.24, 2.45) is 0 Å². The van der Waals surface area contributed by atoms with E-state index in [9.17, 15) is 19.2 Å². The predicted octanol–water partition coefficient (Wildman–Crippen LogP) is 1.50. The first kappa shape index (κ1) is 29.8. The highest BCUT2D eigenvalue weighted by Crippen LogP contribution is 2.04. The van der Waals surface area contributed by atoms with E-state index in [4.69, 9.17) is 18.9 Å². The molecule has 0 heterocycles. The van der Waals surface area contributed by atoms with Gasteiger partial charge >= 0.3 is 23.9 Å². The molecule has 0 aliphatic carbocycles. The second kappa shape index (κ2) is 19.5. The van der Waals surface area contributed by atoms with E-state index < -0.39 is 36.0 Å². The zero-order chi connectivity index (χ0) is 24.2. The lowest BCUT2D eigenvalue weighted by Gasteiger charge is -2.17. The summed E-state index contributed by atoms with van der Waals surface area (Å²) in [5.41, 5.74) is 0. The summed E-state index contributed by atoms with van der Waals surface area (Å²) in [5.74, 6) is -1.81. The van der Waals surface area contributed by atoms with Gasteiger partial charge in [0.15, 0.2) is 0 Å². The lowest BCUT2D eigenvalue weighted by molar-refractivity contribution is -0.152. The van der Waals surface area contributed by atoms with Gasteiger partial charge < -0.3 is 29.6 Å². The van der Waals surface area contributed by atoms with Crippen LogP contribution in [0.2, 0.25) is 0 Å². The predicted molar refractivity (Wildman–Crippen MR) is 118 cm³/mol. The number of rotatable bonds is 19. The van der Waals surface area contributed by atoms with Crippen LogP contribution in [0.3, 0.4) is 0 Å². The smallest absolute Gasteiger partial charge is 0.323 e. The molecule has 10 heteroatoms. The standard InChI is InChI=1S/C22H40N2O8/c1-5-29-19(25)15-17(21(27)31-7-3)23-13-11-9-10-12-14-24-18(22(28)32-8-4)16-20(26)30-6-2/h17-18,23-24H,5-16H2,1-4H3/t17-,18-/m0/s1. The quantitative estimate of drug-likeness (QED) is 0.166. The first-order chi connectivity index (χ1) is 15.4. The summed E-state index contributed by atoms with van der Waals surface area (Å²) in [5, 5.41) is 6.12. The Bertz CT molecular complexity index is 508. The van der Waals surface area contributed by atoms with E-state index in [1.165, 1.54) is 0 Å². The van der Waals surface area contributed by atoms with Crippen LogP contribution in [0.1, 0.15) is 66.2 Å². The van der Waals surface area contributed by atoms with Crippen molar-refractivity contribution in [3.63, 3.8) is 0 Å². The molecule has 0 bridgehead atoms. The SMILES string of the molecule is CCOC(=O)C[C@H](NCCCCCCN[C@@H](CC(=O)OCC)C(=O)OCC)C(=O)OCC. The number of hydrogen-bond donors (Lipinski definition) is 2. The van der Waals surface area contributed by atoms with Gasteiger partial charge in [0.25, 0.3) is 0 Å². The molecule has 0 aromatic carbocycles. The summed E-state index contributed by atoms with van der Waals surface area (Å²) in [7, 11) is 0. The summed E-state index contributed by atoms with van der Waals surface area (Å²) in [6.07, 6.45) is 3.28. The first-order valence-electron chi connectivity index (χ1n) is 11.5. The second-order valence-electron chi connectivity index (χ2n) is 6.95. The van der Waals surface area contributed by atoms with Crippen LogP contribution < -0.4 is 10.6 Å². The number of carbonyl (C=O) groups is 4. The monoisotopic (exact) mass is 460 g/mol. The van der Waals surface area contributed by atoms with Crippen molar-refractivity contribution >= 4 is 23.9 Å². The van der Waals surface area contributed by atoms with E-state index in [0.717, 1.165) is 25.7 Å². The van der Waals surface area contributed by atoms with Gasteiger partial charge in [-0.2, -0.15) is 0 Å². The molecule has 0 aliphatic heterocycles. The molecule has 0 aromatic heterocycles. The van der Waals surface area contributed by atoms with Crippen LogP contribution >= 0.6 is 0 Å².